The smallest absolute Gasteiger partial charge is 0.241 e. The first-order chi connectivity index (χ1) is 9.61. The van der Waals surface area contributed by atoms with Crippen LogP contribution in [0.5, 0.6) is 0 Å². The number of rotatable bonds is 5. The molecular weight excluding hydrogens is 252 g/mol. The molecule has 1 aromatic heterocycles. The molecule has 0 saturated carbocycles. The van der Waals surface area contributed by atoms with E-state index in [-0.39, 0.29) is 11.8 Å². The van der Waals surface area contributed by atoms with Crippen LogP contribution in [-0.4, -0.2) is 21.5 Å². The molecule has 2 atom stereocenters. The highest BCUT2D eigenvalue weighted by atomic mass is 16.2. The van der Waals surface area contributed by atoms with Gasteiger partial charge in [-0.15, -0.1) is 0 Å². The fourth-order valence-electron chi connectivity index (χ4n) is 1.89. The van der Waals surface area contributed by atoms with Crippen LogP contribution in [0.2, 0.25) is 0 Å². The van der Waals surface area contributed by atoms with Crippen molar-refractivity contribution in [3.05, 3.63) is 43.0 Å². The van der Waals surface area contributed by atoms with Gasteiger partial charge in [0.25, 0.3) is 0 Å². The van der Waals surface area contributed by atoms with Crippen LogP contribution in [0.4, 0.5) is 5.69 Å². The summed E-state index contributed by atoms with van der Waals surface area (Å²) in [6.07, 6.45) is 6.16. The Kier molecular flexibility index (Phi) is 4.53. The average molecular weight is 272 g/mol. The van der Waals surface area contributed by atoms with E-state index >= 15 is 0 Å². The van der Waals surface area contributed by atoms with Gasteiger partial charge < -0.3 is 15.6 Å². The number of benzene rings is 1. The second kappa shape index (κ2) is 6.34. The second-order valence-corrected chi connectivity index (χ2v) is 4.92. The minimum absolute atomic E-state index is 0.151. The molecule has 20 heavy (non-hydrogen) atoms. The summed E-state index contributed by atoms with van der Waals surface area (Å²) in [5, 5.41) is 2.86. The number of anilines is 1. The molecule has 0 bridgehead atoms. The largest absolute Gasteiger partial charge is 0.325 e. The lowest BCUT2D eigenvalue weighted by Gasteiger charge is -2.18. The summed E-state index contributed by atoms with van der Waals surface area (Å²) >= 11 is 0. The Labute approximate surface area is 118 Å². The normalized spacial score (nSPS) is 13.8. The average Bonchev–Trinajstić information content (AvgIpc) is 3.00. The molecule has 3 N–H and O–H groups in total. The van der Waals surface area contributed by atoms with E-state index in [1.807, 2.05) is 48.9 Å². The van der Waals surface area contributed by atoms with Gasteiger partial charge in [0.15, 0.2) is 0 Å². The Bertz CT molecular complexity index is 565. The molecule has 0 saturated heterocycles. The van der Waals surface area contributed by atoms with Gasteiger partial charge >= 0.3 is 0 Å². The second-order valence-electron chi connectivity index (χ2n) is 4.92. The lowest BCUT2D eigenvalue weighted by Crippen LogP contribution is -2.40. The number of imidazole rings is 1. The molecule has 106 valence electrons. The molecule has 1 heterocycles. The third-order valence-electron chi connectivity index (χ3n) is 3.48. The third kappa shape index (κ3) is 3.24. The van der Waals surface area contributed by atoms with Crippen LogP contribution in [0.3, 0.4) is 0 Å². The van der Waals surface area contributed by atoms with E-state index in [9.17, 15) is 4.79 Å². The van der Waals surface area contributed by atoms with Crippen molar-refractivity contribution in [2.24, 2.45) is 11.7 Å². The highest BCUT2D eigenvalue weighted by molar-refractivity contribution is 5.95. The van der Waals surface area contributed by atoms with Gasteiger partial charge in [-0.2, -0.15) is 0 Å². The summed E-state index contributed by atoms with van der Waals surface area (Å²) in [4.78, 5) is 16.1. The zero-order valence-corrected chi connectivity index (χ0v) is 11.8. The standard InChI is InChI=1S/C15H20N4O/c1-3-11(2)14(16)15(20)18-12-5-4-6-13(9-12)19-8-7-17-10-19/h4-11,14H,3,16H2,1-2H3,(H,18,20)/t11?,14-/m0/s1. The maximum absolute atomic E-state index is 12.1. The lowest BCUT2D eigenvalue weighted by molar-refractivity contribution is -0.118. The van der Waals surface area contributed by atoms with Crippen molar-refractivity contribution in [1.82, 2.24) is 9.55 Å². The molecule has 0 spiro atoms. The first kappa shape index (κ1) is 14.3. The van der Waals surface area contributed by atoms with Crippen molar-refractivity contribution in [3.63, 3.8) is 0 Å². The van der Waals surface area contributed by atoms with E-state index in [0.29, 0.717) is 0 Å². The zero-order valence-electron chi connectivity index (χ0n) is 11.8. The van der Waals surface area contributed by atoms with Crippen LogP contribution in [0.15, 0.2) is 43.0 Å². The van der Waals surface area contributed by atoms with Gasteiger partial charge in [0, 0.05) is 23.8 Å². The molecule has 1 unspecified atom stereocenters. The summed E-state index contributed by atoms with van der Waals surface area (Å²) in [5.74, 6) is 0.00830. The molecule has 0 radical (unpaired) electrons. The first-order valence-corrected chi connectivity index (χ1v) is 6.76. The van der Waals surface area contributed by atoms with Gasteiger partial charge in [-0.25, -0.2) is 4.98 Å². The van der Waals surface area contributed by atoms with E-state index in [1.165, 1.54) is 0 Å². The fourth-order valence-corrected chi connectivity index (χ4v) is 1.89. The van der Waals surface area contributed by atoms with Gasteiger partial charge in [-0.05, 0) is 24.1 Å². The molecule has 2 rings (SSSR count). The summed E-state index contributed by atoms with van der Waals surface area (Å²) < 4.78 is 1.88. The minimum Gasteiger partial charge on any atom is -0.325 e. The van der Waals surface area contributed by atoms with Crippen LogP contribution in [0.1, 0.15) is 20.3 Å². The first-order valence-electron chi connectivity index (χ1n) is 6.76. The van der Waals surface area contributed by atoms with Crippen molar-refractivity contribution < 1.29 is 4.79 Å². The molecule has 1 aromatic carbocycles. The zero-order chi connectivity index (χ0) is 14.5. The van der Waals surface area contributed by atoms with Gasteiger partial charge in [-0.1, -0.05) is 26.3 Å². The predicted molar refractivity (Wildman–Crippen MR) is 79.6 cm³/mol. The van der Waals surface area contributed by atoms with Gasteiger partial charge in [0.2, 0.25) is 5.91 Å². The van der Waals surface area contributed by atoms with E-state index in [2.05, 4.69) is 10.3 Å². The van der Waals surface area contributed by atoms with Crippen LogP contribution < -0.4 is 11.1 Å². The van der Waals surface area contributed by atoms with Crippen molar-refractivity contribution >= 4 is 11.6 Å². The van der Waals surface area contributed by atoms with Crippen LogP contribution in [0.25, 0.3) is 5.69 Å². The van der Waals surface area contributed by atoms with Gasteiger partial charge in [0.05, 0.1) is 12.4 Å². The van der Waals surface area contributed by atoms with Crippen LogP contribution in [-0.2, 0) is 4.79 Å². The van der Waals surface area contributed by atoms with E-state index in [0.717, 1.165) is 17.8 Å². The van der Waals surface area contributed by atoms with E-state index in [4.69, 9.17) is 5.73 Å². The predicted octanol–water partition coefficient (Wildman–Crippen LogP) is 2.18. The van der Waals surface area contributed by atoms with Gasteiger partial charge in [-0.3, -0.25) is 4.79 Å². The van der Waals surface area contributed by atoms with Crippen LogP contribution >= 0.6 is 0 Å². The number of nitrogens with zero attached hydrogens (tertiary/aromatic N) is 2. The van der Waals surface area contributed by atoms with Crippen molar-refractivity contribution in [3.8, 4) is 5.69 Å². The molecule has 5 nitrogen and oxygen atoms in total. The number of nitrogens with two attached hydrogens (primary N) is 1. The van der Waals surface area contributed by atoms with Crippen molar-refractivity contribution in [2.75, 3.05) is 5.32 Å². The molecule has 5 heteroatoms. The number of amides is 1. The Morgan fingerprint density at radius 3 is 2.95 bits per heavy atom. The lowest BCUT2D eigenvalue weighted by atomic mass is 9.99. The summed E-state index contributed by atoms with van der Waals surface area (Å²) in [5.41, 5.74) is 7.60. The molecular formula is C15H20N4O. The molecule has 1 amide bonds. The van der Waals surface area contributed by atoms with E-state index in [1.54, 1.807) is 12.5 Å². The highest BCUT2D eigenvalue weighted by Gasteiger charge is 2.19. The molecule has 0 aliphatic heterocycles. The fraction of sp³-hybridized carbons (Fsp3) is 0.333. The number of hydrogen-bond acceptors (Lipinski definition) is 3. The highest BCUT2D eigenvalue weighted by Crippen LogP contribution is 2.15. The Balaban J connectivity index is 2.10. The summed E-state index contributed by atoms with van der Waals surface area (Å²) in [7, 11) is 0. The summed E-state index contributed by atoms with van der Waals surface area (Å²) in [6, 6.07) is 7.09. The Hall–Kier alpha value is -2.14. The third-order valence-corrected chi connectivity index (χ3v) is 3.48. The number of nitrogens with one attached hydrogen (secondary N) is 1. The Morgan fingerprint density at radius 1 is 1.50 bits per heavy atom. The monoisotopic (exact) mass is 272 g/mol. The quantitative estimate of drug-likeness (QED) is 0.876. The van der Waals surface area contributed by atoms with E-state index < -0.39 is 6.04 Å². The molecule has 0 aliphatic rings. The number of hydrogen-bond donors (Lipinski definition) is 2. The summed E-state index contributed by atoms with van der Waals surface area (Å²) in [6.45, 7) is 4.00. The maximum Gasteiger partial charge on any atom is 0.241 e. The molecule has 0 aliphatic carbocycles. The number of carbonyl (C=O) groups excluding carboxylic acids is 1. The van der Waals surface area contributed by atoms with Crippen molar-refractivity contribution in [2.45, 2.75) is 26.3 Å². The van der Waals surface area contributed by atoms with Crippen LogP contribution in [0, 0.1) is 5.92 Å². The molecule has 0 fully saturated rings. The number of carbonyl (C=O) groups is 1. The topological polar surface area (TPSA) is 72.9 Å². The molecule has 2 aromatic rings. The minimum atomic E-state index is -0.489. The van der Waals surface area contributed by atoms with Gasteiger partial charge in [0.1, 0.15) is 0 Å². The Morgan fingerprint density at radius 2 is 2.30 bits per heavy atom. The maximum atomic E-state index is 12.1. The van der Waals surface area contributed by atoms with Crippen molar-refractivity contribution in [1.29, 1.82) is 0 Å². The number of aromatic nitrogens is 2. The SMILES string of the molecule is CCC(C)[C@H](N)C(=O)Nc1cccc(-n2ccnc2)c1.